The lowest BCUT2D eigenvalue weighted by molar-refractivity contribution is -0.122. The first-order valence-electron chi connectivity index (χ1n) is 6.50. The van der Waals surface area contributed by atoms with Crippen LogP contribution in [-0.4, -0.2) is 44.0 Å². The molecule has 0 aromatic carbocycles. The van der Waals surface area contributed by atoms with Crippen LogP contribution < -0.4 is 11.1 Å². The van der Waals surface area contributed by atoms with Gasteiger partial charge in [0, 0.05) is 19.0 Å². The van der Waals surface area contributed by atoms with Crippen LogP contribution in [0.25, 0.3) is 0 Å². The van der Waals surface area contributed by atoms with Gasteiger partial charge in [-0.05, 0) is 45.8 Å². The summed E-state index contributed by atoms with van der Waals surface area (Å²) in [6.07, 6.45) is 1.57. The van der Waals surface area contributed by atoms with Crippen LogP contribution in [0, 0.1) is 11.8 Å². The molecule has 0 aliphatic heterocycles. The molecule has 0 aromatic heterocycles. The third-order valence-corrected chi connectivity index (χ3v) is 3.09. The van der Waals surface area contributed by atoms with E-state index in [1.807, 2.05) is 14.1 Å². The smallest absolute Gasteiger partial charge is 0.220 e. The van der Waals surface area contributed by atoms with E-state index in [4.69, 9.17) is 5.73 Å². The van der Waals surface area contributed by atoms with Gasteiger partial charge in [-0.25, -0.2) is 0 Å². The number of carbonyl (C=O) groups is 1. The fraction of sp³-hybridized carbons (Fsp3) is 0.923. The summed E-state index contributed by atoms with van der Waals surface area (Å²) in [5, 5.41) is 2.97. The summed E-state index contributed by atoms with van der Waals surface area (Å²) in [7, 11) is 4.02. The van der Waals surface area contributed by atoms with Gasteiger partial charge in [0.25, 0.3) is 0 Å². The van der Waals surface area contributed by atoms with E-state index in [1.54, 1.807) is 0 Å². The molecule has 0 radical (unpaired) electrons. The second kappa shape index (κ2) is 8.48. The molecular formula is C13H29N3O. The average Bonchev–Trinajstić information content (AvgIpc) is 2.23. The van der Waals surface area contributed by atoms with Gasteiger partial charge in [0.05, 0.1) is 0 Å². The first-order chi connectivity index (χ1) is 7.86. The highest BCUT2D eigenvalue weighted by Crippen LogP contribution is 2.13. The number of rotatable bonds is 8. The standard InChI is InChI=1S/C13H29N3O/c1-10(2)6-12(8-14)7-13(17)15-9-11(3)16(4)5/h10-12H,6-9,14H2,1-5H3,(H,15,17)/t11?,12-/m0/s1. The number of nitrogens with two attached hydrogens (primary N) is 1. The van der Waals surface area contributed by atoms with E-state index in [1.165, 1.54) is 0 Å². The Kier molecular flexibility index (Phi) is 8.17. The number of hydrogen-bond acceptors (Lipinski definition) is 3. The molecule has 0 aromatic rings. The number of carbonyl (C=O) groups excluding carboxylic acids is 1. The molecule has 0 spiro atoms. The fourth-order valence-electron chi connectivity index (χ4n) is 1.71. The Balaban J connectivity index is 3.90. The van der Waals surface area contributed by atoms with Gasteiger partial charge in [0.1, 0.15) is 0 Å². The SMILES string of the molecule is CC(C)C[C@H](CN)CC(=O)NCC(C)N(C)C. The van der Waals surface area contributed by atoms with Gasteiger partial charge in [-0.3, -0.25) is 4.79 Å². The molecule has 1 amide bonds. The summed E-state index contributed by atoms with van der Waals surface area (Å²) >= 11 is 0. The van der Waals surface area contributed by atoms with Crippen molar-refractivity contribution in [3.05, 3.63) is 0 Å². The normalized spacial score (nSPS) is 15.1. The zero-order valence-corrected chi connectivity index (χ0v) is 12.0. The van der Waals surface area contributed by atoms with Gasteiger partial charge < -0.3 is 16.0 Å². The van der Waals surface area contributed by atoms with Crippen molar-refractivity contribution in [3.63, 3.8) is 0 Å². The molecule has 0 fully saturated rings. The largest absolute Gasteiger partial charge is 0.355 e. The molecule has 0 rings (SSSR count). The van der Waals surface area contributed by atoms with Crippen LogP contribution >= 0.6 is 0 Å². The lowest BCUT2D eigenvalue weighted by Gasteiger charge is -2.21. The van der Waals surface area contributed by atoms with Crippen molar-refractivity contribution in [1.82, 2.24) is 10.2 Å². The monoisotopic (exact) mass is 243 g/mol. The number of amides is 1. The molecule has 1 unspecified atom stereocenters. The lowest BCUT2D eigenvalue weighted by Crippen LogP contribution is -2.39. The second-order valence-electron chi connectivity index (χ2n) is 5.55. The zero-order valence-electron chi connectivity index (χ0n) is 12.0. The molecular weight excluding hydrogens is 214 g/mol. The van der Waals surface area contributed by atoms with Crippen molar-refractivity contribution in [2.24, 2.45) is 17.6 Å². The Morgan fingerprint density at radius 2 is 1.88 bits per heavy atom. The summed E-state index contributed by atoms with van der Waals surface area (Å²) in [4.78, 5) is 13.8. The topological polar surface area (TPSA) is 58.4 Å². The van der Waals surface area contributed by atoms with Gasteiger partial charge in [-0.15, -0.1) is 0 Å². The van der Waals surface area contributed by atoms with Gasteiger partial charge >= 0.3 is 0 Å². The van der Waals surface area contributed by atoms with E-state index in [-0.39, 0.29) is 5.91 Å². The number of hydrogen-bond donors (Lipinski definition) is 2. The van der Waals surface area contributed by atoms with Gasteiger partial charge in [-0.1, -0.05) is 13.8 Å². The van der Waals surface area contributed by atoms with Gasteiger partial charge in [-0.2, -0.15) is 0 Å². The quantitative estimate of drug-likeness (QED) is 0.670. The highest BCUT2D eigenvalue weighted by molar-refractivity contribution is 5.76. The van der Waals surface area contributed by atoms with E-state index >= 15 is 0 Å². The summed E-state index contributed by atoms with van der Waals surface area (Å²) < 4.78 is 0. The van der Waals surface area contributed by atoms with E-state index in [2.05, 4.69) is 31.0 Å². The van der Waals surface area contributed by atoms with Crippen molar-refractivity contribution in [2.75, 3.05) is 27.2 Å². The van der Waals surface area contributed by atoms with Crippen LogP contribution in [0.3, 0.4) is 0 Å². The maximum Gasteiger partial charge on any atom is 0.220 e. The van der Waals surface area contributed by atoms with Crippen molar-refractivity contribution in [3.8, 4) is 0 Å². The van der Waals surface area contributed by atoms with Crippen molar-refractivity contribution in [1.29, 1.82) is 0 Å². The molecule has 0 saturated carbocycles. The van der Waals surface area contributed by atoms with Crippen molar-refractivity contribution < 1.29 is 4.79 Å². The third-order valence-electron chi connectivity index (χ3n) is 3.09. The minimum absolute atomic E-state index is 0.120. The van der Waals surface area contributed by atoms with Crippen LogP contribution in [0.4, 0.5) is 0 Å². The van der Waals surface area contributed by atoms with Crippen molar-refractivity contribution in [2.45, 2.75) is 39.7 Å². The molecule has 0 heterocycles. The molecule has 4 heteroatoms. The Morgan fingerprint density at radius 1 is 1.29 bits per heavy atom. The minimum Gasteiger partial charge on any atom is -0.355 e. The van der Waals surface area contributed by atoms with Crippen molar-refractivity contribution >= 4 is 5.91 Å². The number of nitrogens with one attached hydrogen (secondary N) is 1. The summed E-state index contributed by atoms with van der Waals surface area (Å²) in [6.45, 7) is 7.71. The summed E-state index contributed by atoms with van der Waals surface area (Å²) in [6, 6.07) is 0.361. The molecule has 0 aliphatic carbocycles. The number of likely N-dealkylation sites (N-methyl/N-ethyl adjacent to an activating group) is 1. The van der Waals surface area contributed by atoms with E-state index in [0.29, 0.717) is 37.4 Å². The maximum atomic E-state index is 11.7. The van der Waals surface area contributed by atoms with Crippen LogP contribution in [0.2, 0.25) is 0 Å². The van der Waals surface area contributed by atoms with E-state index in [9.17, 15) is 4.79 Å². The van der Waals surface area contributed by atoms with Crippen LogP contribution in [0.15, 0.2) is 0 Å². The van der Waals surface area contributed by atoms with Gasteiger partial charge in [0.2, 0.25) is 5.91 Å². The molecule has 4 nitrogen and oxygen atoms in total. The van der Waals surface area contributed by atoms with Crippen LogP contribution in [0.1, 0.15) is 33.6 Å². The van der Waals surface area contributed by atoms with Gasteiger partial charge in [0.15, 0.2) is 0 Å². The second-order valence-corrected chi connectivity index (χ2v) is 5.55. The third kappa shape index (κ3) is 8.16. The van der Waals surface area contributed by atoms with Crippen LogP contribution in [0.5, 0.6) is 0 Å². The zero-order chi connectivity index (χ0) is 13.4. The van der Waals surface area contributed by atoms with E-state index in [0.717, 1.165) is 6.42 Å². The number of nitrogens with zero attached hydrogens (tertiary/aromatic N) is 1. The predicted molar refractivity (Wildman–Crippen MR) is 72.8 cm³/mol. The Bertz CT molecular complexity index is 217. The minimum atomic E-state index is 0.120. The molecule has 17 heavy (non-hydrogen) atoms. The predicted octanol–water partition coefficient (Wildman–Crippen LogP) is 1.06. The highest BCUT2D eigenvalue weighted by Gasteiger charge is 2.14. The molecule has 102 valence electrons. The molecule has 0 bridgehead atoms. The first kappa shape index (κ1) is 16.4. The molecule has 2 atom stereocenters. The fourth-order valence-corrected chi connectivity index (χ4v) is 1.71. The Labute approximate surface area is 106 Å². The molecule has 0 saturated heterocycles. The maximum absolute atomic E-state index is 11.7. The van der Waals surface area contributed by atoms with E-state index < -0.39 is 0 Å². The molecule has 0 aliphatic rings. The lowest BCUT2D eigenvalue weighted by atomic mass is 9.94. The summed E-state index contributed by atoms with van der Waals surface area (Å²) in [5.41, 5.74) is 5.69. The highest BCUT2D eigenvalue weighted by atomic mass is 16.1. The summed E-state index contributed by atoms with van der Waals surface area (Å²) in [5.74, 6) is 1.02. The Hall–Kier alpha value is -0.610. The molecule has 3 N–H and O–H groups in total. The van der Waals surface area contributed by atoms with Crippen LogP contribution in [-0.2, 0) is 4.79 Å². The Morgan fingerprint density at radius 3 is 2.29 bits per heavy atom. The average molecular weight is 243 g/mol. The first-order valence-corrected chi connectivity index (χ1v) is 6.50.